The smallest absolute Gasteiger partial charge is 0.266 e. The Morgan fingerprint density at radius 1 is 1.04 bits per heavy atom. The molecule has 0 aliphatic rings. The summed E-state index contributed by atoms with van der Waals surface area (Å²) < 4.78 is 5.68. The fourth-order valence-corrected chi connectivity index (χ4v) is 2.76. The van der Waals surface area contributed by atoms with Crippen LogP contribution >= 0.6 is 23.2 Å². The predicted octanol–water partition coefficient (Wildman–Crippen LogP) is 5.67. The molecule has 5 nitrogen and oxygen atoms in total. The summed E-state index contributed by atoms with van der Waals surface area (Å²) in [6, 6.07) is 18.4. The minimum absolute atomic E-state index is 0.137. The number of benzene rings is 2. The summed E-state index contributed by atoms with van der Waals surface area (Å²) in [5, 5.41) is 21.7. The molecule has 1 N–H and O–H groups in total. The quantitative estimate of drug-likeness (QED) is 0.445. The number of nitrogens with zero attached hydrogens (tertiary/aromatic N) is 2. The largest absolute Gasteiger partial charge is 0.457 e. The fraction of sp³-hybridized carbons (Fsp3) is 0. The molecule has 3 rings (SSSR count). The van der Waals surface area contributed by atoms with Gasteiger partial charge in [-0.3, -0.25) is 4.79 Å². The topological polar surface area (TPSA) is 89.8 Å². The molecule has 1 heterocycles. The van der Waals surface area contributed by atoms with E-state index in [4.69, 9.17) is 32.9 Å². The average Bonchev–Trinajstić information content (AvgIpc) is 3.17. The lowest BCUT2D eigenvalue weighted by Gasteiger charge is -2.04. The standard InChI is InChI=1S/C21H11Cl2N3O2/c22-15-3-7-19(23)18(10-15)20-8-6-17(28-20)9-14(12-25)21(27)26-16-4-1-13(11-24)2-5-16/h1-10H,(H,26,27)/b14-9+. The SMILES string of the molecule is N#C/C(=C\c1ccc(-c2cc(Cl)ccc2Cl)o1)C(=O)Nc1ccc(C#N)cc1. The molecule has 0 atom stereocenters. The first-order chi connectivity index (χ1) is 13.5. The van der Waals surface area contributed by atoms with Crippen LogP contribution in [0.25, 0.3) is 17.4 Å². The van der Waals surface area contributed by atoms with Crippen LogP contribution in [0.2, 0.25) is 10.0 Å². The van der Waals surface area contributed by atoms with Gasteiger partial charge < -0.3 is 9.73 Å². The van der Waals surface area contributed by atoms with Gasteiger partial charge >= 0.3 is 0 Å². The number of nitrogens with one attached hydrogen (secondary N) is 1. The number of rotatable bonds is 4. The van der Waals surface area contributed by atoms with Crippen LogP contribution in [-0.4, -0.2) is 5.91 Å². The van der Waals surface area contributed by atoms with Gasteiger partial charge in [-0.1, -0.05) is 23.2 Å². The molecule has 1 aromatic heterocycles. The summed E-state index contributed by atoms with van der Waals surface area (Å²) in [7, 11) is 0. The van der Waals surface area contributed by atoms with Gasteiger partial charge in [0.1, 0.15) is 23.2 Å². The van der Waals surface area contributed by atoms with Crippen LogP contribution in [0, 0.1) is 22.7 Å². The number of hydrogen-bond donors (Lipinski definition) is 1. The summed E-state index contributed by atoms with van der Waals surface area (Å²) >= 11 is 12.2. The number of carbonyl (C=O) groups excluding carboxylic acids is 1. The molecule has 0 radical (unpaired) electrons. The molecule has 136 valence electrons. The van der Waals surface area contributed by atoms with Crippen molar-refractivity contribution in [3.63, 3.8) is 0 Å². The third-order valence-electron chi connectivity index (χ3n) is 3.74. The lowest BCUT2D eigenvalue weighted by Crippen LogP contribution is -2.13. The number of amides is 1. The van der Waals surface area contributed by atoms with E-state index in [1.807, 2.05) is 12.1 Å². The van der Waals surface area contributed by atoms with Crippen molar-refractivity contribution in [3.8, 4) is 23.5 Å². The van der Waals surface area contributed by atoms with Crippen LogP contribution in [0.15, 0.2) is 64.6 Å². The van der Waals surface area contributed by atoms with Gasteiger partial charge in [0.05, 0.1) is 16.7 Å². The Kier molecular flexibility index (Phi) is 5.81. The van der Waals surface area contributed by atoms with Crippen LogP contribution in [-0.2, 0) is 4.79 Å². The van der Waals surface area contributed by atoms with Crippen molar-refractivity contribution in [2.24, 2.45) is 0 Å². The Morgan fingerprint density at radius 2 is 1.79 bits per heavy atom. The number of carbonyl (C=O) groups is 1. The summed E-state index contributed by atoms with van der Waals surface area (Å²) in [5.74, 6) is 0.187. The van der Waals surface area contributed by atoms with Crippen LogP contribution in [0.5, 0.6) is 0 Å². The summed E-state index contributed by atoms with van der Waals surface area (Å²) in [5.41, 5.74) is 1.41. The molecule has 0 spiro atoms. The van der Waals surface area contributed by atoms with Crippen molar-refractivity contribution in [2.75, 3.05) is 5.32 Å². The van der Waals surface area contributed by atoms with Crippen LogP contribution in [0.1, 0.15) is 11.3 Å². The predicted molar refractivity (Wildman–Crippen MR) is 108 cm³/mol. The van der Waals surface area contributed by atoms with Crippen molar-refractivity contribution in [3.05, 3.63) is 81.5 Å². The third-order valence-corrected chi connectivity index (χ3v) is 4.31. The molecular weight excluding hydrogens is 397 g/mol. The zero-order chi connectivity index (χ0) is 20.1. The van der Waals surface area contributed by atoms with E-state index in [1.54, 1.807) is 54.6 Å². The fourth-order valence-electron chi connectivity index (χ4n) is 2.38. The number of anilines is 1. The number of halogens is 2. The molecule has 0 unspecified atom stereocenters. The molecule has 7 heteroatoms. The minimum Gasteiger partial charge on any atom is -0.457 e. The average molecular weight is 408 g/mol. The molecule has 1 amide bonds. The summed E-state index contributed by atoms with van der Waals surface area (Å²) in [4.78, 5) is 12.3. The van der Waals surface area contributed by atoms with Crippen LogP contribution < -0.4 is 5.32 Å². The maximum atomic E-state index is 12.3. The first-order valence-corrected chi connectivity index (χ1v) is 8.74. The van der Waals surface area contributed by atoms with E-state index in [0.29, 0.717) is 38.4 Å². The van der Waals surface area contributed by atoms with E-state index in [0.717, 1.165) is 0 Å². The Morgan fingerprint density at radius 3 is 2.46 bits per heavy atom. The number of furan rings is 1. The second-order valence-corrected chi connectivity index (χ2v) is 6.48. The lowest BCUT2D eigenvalue weighted by molar-refractivity contribution is -0.112. The molecule has 0 aliphatic carbocycles. The van der Waals surface area contributed by atoms with Gasteiger partial charge in [-0.05, 0) is 54.6 Å². The van der Waals surface area contributed by atoms with Crippen molar-refractivity contribution in [1.82, 2.24) is 0 Å². The first-order valence-electron chi connectivity index (χ1n) is 7.98. The molecule has 28 heavy (non-hydrogen) atoms. The Labute approximate surface area is 171 Å². The second kappa shape index (κ2) is 8.45. The third kappa shape index (κ3) is 4.42. The van der Waals surface area contributed by atoms with Crippen molar-refractivity contribution in [2.45, 2.75) is 0 Å². The minimum atomic E-state index is -0.592. The lowest BCUT2D eigenvalue weighted by atomic mass is 10.2. The maximum Gasteiger partial charge on any atom is 0.266 e. The Hall–Kier alpha value is -3.51. The molecule has 2 aromatic carbocycles. The van der Waals surface area contributed by atoms with Gasteiger partial charge in [0, 0.05) is 22.3 Å². The molecule has 0 saturated carbocycles. The first kappa shape index (κ1) is 19.3. The molecule has 0 saturated heterocycles. The molecule has 0 aliphatic heterocycles. The highest BCUT2D eigenvalue weighted by Gasteiger charge is 2.13. The van der Waals surface area contributed by atoms with Gasteiger partial charge in [-0.2, -0.15) is 10.5 Å². The van der Waals surface area contributed by atoms with E-state index in [-0.39, 0.29) is 5.57 Å². The Balaban J connectivity index is 1.82. The van der Waals surface area contributed by atoms with Gasteiger partial charge in [0.25, 0.3) is 5.91 Å². The van der Waals surface area contributed by atoms with Gasteiger partial charge in [-0.25, -0.2) is 0 Å². The van der Waals surface area contributed by atoms with E-state index in [2.05, 4.69) is 5.32 Å². The highest BCUT2D eigenvalue weighted by Crippen LogP contribution is 2.32. The monoisotopic (exact) mass is 407 g/mol. The molecular formula is C21H11Cl2N3O2. The van der Waals surface area contributed by atoms with Crippen LogP contribution in [0.4, 0.5) is 5.69 Å². The maximum absolute atomic E-state index is 12.3. The summed E-state index contributed by atoms with van der Waals surface area (Å²) in [6.07, 6.45) is 1.33. The van der Waals surface area contributed by atoms with Crippen molar-refractivity contribution >= 4 is 40.9 Å². The normalized spacial score (nSPS) is 10.8. The second-order valence-electron chi connectivity index (χ2n) is 5.64. The highest BCUT2D eigenvalue weighted by atomic mass is 35.5. The highest BCUT2D eigenvalue weighted by molar-refractivity contribution is 6.35. The van der Waals surface area contributed by atoms with Crippen molar-refractivity contribution < 1.29 is 9.21 Å². The van der Waals surface area contributed by atoms with Gasteiger partial charge in [0.15, 0.2) is 0 Å². The Bertz CT molecular complexity index is 1150. The zero-order valence-corrected chi connectivity index (χ0v) is 15.8. The van der Waals surface area contributed by atoms with E-state index in [9.17, 15) is 10.1 Å². The van der Waals surface area contributed by atoms with Gasteiger partial charge in [0.2, 0.25) is 0 Å². The van der Waals surface area contributed by atoms with Gasteiger partial charge in [-0.15, -0.1) is 0 Å². The molecule has 0 fully saturated rings. The number of hydrogen-bond acceptors (Lipinski definition) is 4. The molecule has 3 aromatic rings. The summed E-state index contributed by atoms with van der Waals surface area (Å²) in [6.45, 7) is 0. The van der Waals surface area contributed by atoms with E-state index in [1.165, 1.54) is 6.08 Å². The zero-order valence-electron chi connectivity index (χ0n) is 14.2. The molecule has 0 bridgehead atoms. The van der Waals surface area contributed by atoms with E-state index >= 15 is 0 Å². The number of nitriles is 2. The van der Waals surface area contributed by atoms with E-state index < -0.39 is 5.91 Å². The van der Waals surface area contributed by atoms with Crippen LogP contribution in [0.3, 0.4) is 0 Å². The van der Waals surface area contributed by atoms with Crippen molar-refractivity contribution in [1.29, 1.82) is 10.5 Å².